The Bertz CT molecular complexity index is 810. The molecule has 7 heteroatoms. The average molecular weight is 377 g/mol. The first-order valence-corrected chi connectivity index (χ1v) is 9.17. The third kappa shape index (κ3) is 4.84. The molecule has 1 aromatic heterocycles. The Balaban J connectivity index is 2.34. The minimum atomic E-state index is -0.908. The predicted octanol–water partition coefficient (Wildman–Crippen LogP) is 3.49. The highest BCUT2D eigenvalue weighted by molar-refractivity contribution is 6.06. The van der Waals surface area contributed by atoms with Crippen molar-refractivity contribution in [1.29, 1.82) is 0 Å². The number of amides is 1. The number of esters is 1. The van der Waals surface area contributed by atoms with Crippen molar-refractivity contribution in [1.82, 2.24) is 15.1 Å². The molecule has 0 bridgehead atoms. The maximum absolute atomic E-state index is 13.6. The summed E-state index contributed by atoms with van der Waals surface area (Å²) in [4.78, 5) is 25.0. The summed E-state index contributed by atoms with van der Waals surface area (Å²) < 4.78 is 20.1. The van der Waals surface area contributed by atoms with Crippen molar-refractivity contribution in [2.75, 3.05) is 7.11 Å². The van der Waals surface area contributed by atoms with Crippen LogP contribution in [0, 0.1) is 5.41 Å². The molecule has 6 nitrogen and oxygen atoms in total. The zero-order valence-electron chi connectivity index (χ0n) is 16.6. The standard InChI is InChI=1S/C20H28FN3O3/c1-6-13(21)11-12-24-15-10-8-7-9-14(15)16(23-24)18(25)22-17(19(26)27-5)20(2,3)4/h7-10,13,17H,6,11-12H2,1-5H3,(H,22,25). The van der Waals surface area contributed by atoms with Crippen LogP contribution in [0.15, 0.2) is 24.3 Å². The Labute approximate surface area is 159 Å². The number of carbonyl (C=O) groups is 2. The smallest absolute Gasteiger partial charge is 0.328 e. The number of aryl methyl sites for hydroxylation is 1. The number of halogens is 1. The minimum Gasteiger partial charge on any atom is -0.467 e. The fourth-order valence-corrected chi connectivity index (χ4v) is 2.88. The molecular weight excluding hydrogens is 349 g/mol. The molecule has 2 unspecified atom stereocenters. The van der Waals surface area contributed by atoms with Gasteiger partial charge >= 0.3 is 5.97 Å². The summed E-state index contributed by atoms with van der Waals surface area (Å²) in [6.45, 7) is 7.71. The van der Waals surface area contributed by atoms with Gasteiger partial charge in [0.1, 0.15) is 12.2 Å². The van der Waals surface area contributed by atoms with Gasteiger partial charge in [-0.1, -0.05) is 45.9 Å². The van der Waals surface area contributed by atoms with Gasteiger partial charge in [0.15, 0.2) is 5.69 Å². The van der Waals surface area contributed by atoms with Crippen LogP contribution in [0.3, 0.4) is 0 Å². The van der Waals surface area contributed by atoms with Crippen molar-refractivity contribution in [2.45, 2.75) is 59.3 Å². The second kappa shape index (κ2) is 8.50. The maximum atomic E-state index is 13.6. The molecule has 0 fully saturated rings. The normalized spacial score (nSPS) is 14.0. The molecular formula is C20H28FN3O3. The van der Waals surface area contributed by atoms with Gasteiger partial charge in [0.25, 0.3) is 5.91 Å². The first-order valence-electron chi connectivity index (χ1n) is 9.17. The van der Waals surface area contributed by atoms with Crippen LogP contribution in [-0.2, 0) is 16.1 Å². The topological polar surface area (TPSA) is 73.2 Å². The number of benzene rings is 1. The summed E-state index contributed by atoms with van der Waals surface area (Å²) in [5, 5.41) is 7.81. The van der Waals surface area contributed by atoms with Crippen molar-refractivity contribution < 1.29 is 18.7 Å². The lowest BCUT2D eigenvalue weighted by Gasteiger charge is -2.28. The summed E-state index contributed by atoms with van der Waals surface area (Å²) in [5.74, 6) is -0.967. The predicted molar refractivity (Wildman–Crippen MR) is 102 cm³/mol. The van der Waals surface area contributed by atoms with E-state index in [2.05, 4.69) is 10.4 Å². The van der Waals surface area contributed by atoms with E-state index in [1.165, 1.54) is 7.11 Å². The van der Waals surface area contributed by atoms with E-state index < -0.39 is 29.5 Å². The van der Waals surface area contributed by atoms with E-state index in [4.69, 9.17) is 4.74 Å². The monoisotopic (exact) mass is 377 g/mol. The number of nitrogens with zero attached hydrogens (tertiary/aromatic N) is 2. The zero-order valence-corrected chi connectivity index (χ0v) is 16.6. The molecule has 0 radical (unpaired) electrons. The van der Waals surface area contributed by atoms with Crippen molar-refractivity contribution in [3.8, 4) is 0 Å². The number of ether oxygens (including phenoxy) is 1. The molecule has 0 aliphatic rings. The largest absolute Gasteiger partial charge is 0.467 e. The van der Waals surface area contributed by atoms with Crippen LogP contribution in [0.1, 0.15) is 51.0 Å². The molecule has 0 saturated carbocycles. The highest BCUT2D eigenvalue weighted by Gasteiger charge is 2.34. The lowest BCUT2D eigenvalue weighted by molar-refractivity contribution is -0.145. The second-order valence-electron chi connectivity index (χ2n) is 7.68. The number of methoxy groups -OCH3 is 1. The zero-order chi connectivity index (χ0) is 20.2. The van der Waals surface area contributed by atoms with Gasteiger partial charge in [0.05, 0.1) is 12.6 Å². The molecule has 2 atom stereocenters. The second-order valence-corrected chi connectivity index (χ2v) is 7.68. The van der Waals surface area contributed by atoms with Gasteiger partial charge in [-0.3, -0.25) is 9.48 Å². The van der Waals surface area contributed by atoms with E-state index in [9.17, 15) is 14.0 Å². The third-order valence-electron chi connectivity index (χ3n) is 4.55. The number of carbonyl (C=O) groups excluding carboxylic acids is 2. The van der Waals surface area contributed by atoms with Crippen LogP contribution < -0.4 is 5.32 Å². The van der Waals surface area contributed by atoms with Gasteiger partial charge in [-0.25, -0.2) is 9.18 Å². The number of hydrogen-bond acceptors (Lipinski definition) is 4. The van der Waals surface area contributed by atoms with Gasteiger partial charge in [0, 0.05) is 11.9 Å². The van der Waals surface area contributed by atoms with Crippen LogP contribution >= 0.6 is 0 Å². The van der Waals surface area contributed by atoms with Crippen LogP contribution in [0.5, 0.6) is 0 Å². The first-order chi connectivity index (χ1) is 12.7. The molecule has 1 aromatic carbocycles. The lowest BCUT2D eigenvalue weighted by atomic mass is 9.86. The Morgan fingerprint density at radius 2 is 1.96 bits per heavy atom. The number of para-hydroxylation sites is 1. The molecule has 0 saturated heterocycles. The van der Waals surface area contributed by atoms with Crippen molar-refractivity contribution in [3.63, 3.8) is 0 Å². The Morgan fingerprint density at radius 3 is 2.56 bits per heavy atom. The molecule has 2 rings (SSSR count). The molecule has 2 aromatic rings. The number of aromatic nitrogens is 2. The van der Waals surface area contributed by atoms with Crippen molar-refractivity contribution >= 4 is 22.8 Å². The van der Waals surface area contributed by atoms with Crippen LogP contribution in [0.25, 0.3) is 10.9 Å². The molecule has 0 aliphatic heterocycles. The summed E-state index contributed by atoms with van der Waals surface area (Å²) >= 11 is 0. The van der Waals surface area contributed by atoms with E-state index in [1.54, 1.807) is 17.7 Å². The number of fused-ring (bicyclic) bond motifs is 1. The SMILES string of the molecule is CCC(F)CCn1nc(C(=O)NC(C(=O)OC)C(C)(C)C)c2ccccc21. The van der Waals surface area contributed by atoms with Crippen LogP contribution in [-0.4, -0.2) is 41.0 Å². The number of rotatable bonds is 7. The minimum absolute atomic E-state index is 0.218. The molecule has 1 amide bonds. The molecule has 0 spiro atoms. The maximum Gasteiger partial charge on any atom is 0.328 e. The van der Waals surface area contributed by atoms with Gasteiger partial charge in [-0.05, 0) is 24.3 Å². The quantitative estimate of drug-likeness (QED) is 0.750. The summed E-state index contributed by atoms with van der Waals surface area (Å²) in [6, 6.07) is 6.50. The number of hydrogen-bond donors (Lipinski definition) is 1. The summed E-state index contributed by atoms with van der Waals surface area (Å²) in [5.41, 5.74) is 0.455. The fourth-order valence-electron chi connectivity index (χ4n) is 2.88. The fraction of sp³-hybridized carbons (Fsp3) is 0.550. The lowest BCUT2D eigenvalue weighted by Crippen LogP contribution is -2.49. The van der Waals surface area contributed by atoms with E-state index in [0.717, 1.165) is 5.52 Å². The first kappa shape index (κ1) is 20.9. The van der Waals surface area contributed by atoms with Crippen LogP contribution in [0.2, 0.25) is 0 Å². The molecule has 1 heterocycles. The Morgan fingerprint density at radius 1 is 1.30 bits per heavy atom. The molecule has 1 N–H and O–H groups in total. The molecule has 148 valence electrons. The van der Waals surface area contributed by atoms with Gasteiger partial charge in [-0.2, -0.15) is 5.10 Å². The van der Waals surface area contributed by atoms with E-state index in [0.29, 0.717) is 24.8 Å². The third-order valence-corrected chi connectivity index (χ3v) is 4.55. The van der Waals surface area contributed by atoms with Crippen LogP contribution in [0.4, 0.5) is 4.39 Å². The van der Waals surface area contributed by atoms with Gasteiger partial charge in [-0.15, -0.1) is 0 Å². The van der Waals surface area contributed by atoms with Gasteiger partial charge in [0.2, 0.25) is 0 Å². The highest BCUT2D eigenvalue weighted by Crippen LogP contribution is 2.23. The van der Waals surface area contributed by atoms with E-state index >= 15 is 0 Å². The van der Waals surface area contributed by atoms with E-state index in [1.807, 2.05) is 39.0 Å². The van der Waals surface area contributed by atoms with E-state index in [-0.39, 0.29) is 5.69 Å². The Hall–Kier alpha value is -2.44. The Kier molecular flexibility index (Phi) is 6.57. The van der Waals surface area contributed by atoms with Gasteiger partial charge < -0.3 is 10.1 Å². The summed E-state index contributed by atoms with van der Waals surface area (Å²) in [7, 11) is 1.29. The van der Waals surface area contributed by atoms with Crippen molar-refractivity contribution in [3.05, 3.63) is 30.0 Å². The highest BCUT2D eigenvalue weighted by atomic mass is 19.1. The van der Waals surface area contributed by atoms with Crippen molar-refractivity contribution in [2.24, 2.45) is 5.41 Å². The molecule has 27 heavy (non-hydrogen) atoms. The number of nitrogens with one attached hydrogen (secondary N) is 1. The average Bonchev–Trinajstić information content (AvgIpc) is 3.01. The molecule has 0 aliphatic carbocycles. The summed E-state index contributed by atoms with van der Waals surface area (Å²) in [6.07, 6.45) is -0.135. The number of alkyl halides is 1.